The van der Waals surface area contributed by atoms with Crippen molar-refractivity contribution in [3.8, 4) is 5.75 Å². The highest BCUT2D eigenvalue weighted by Gasteiger charge is 2.13. The maximum Gasteiger partial charge on any atom is 0.336 e. The number of fused-ring (bicyclic) bond motifs is 2. The van der Waals surface area contributed by atoms with E-state index < -0.39 is 0 Å². The van der Waals surface area contributed by atoms with Crippen LogP contribution in [0.15, 0.2) is 63.8 Å². The lowest BCUT2D eigenvalue weighted by Gasteiger charge is -2.15. The molecular formula is C26H26O3. The average Bonchev–Trinajstić information content (AvgIpc) is 2.73. The minimum atomic E-state index is -0.297. The molecule has 0 unspecified atom stereocenters. The fourth-order valence-corrected chi connectivity index (χ4v) is 3.92. The first-order valence-electron chi connectivity index (χ1n) is 10.2. The minimum Gasteiger partial charge on any atom is -0.488 e. The fraction of sp³-hybridized carbons (Fsp3) is 0.269. The summed E-state index contributed by atoms with van der Waals surface area (Å²) >= 11 is 0. The number of unbranched alkanes of at least 4 members (excludes halogenated alkanes) is 1. The van der Waals surface area contributed by atoms with Gasteiger partial charge in [0, 0.05) is 22.6 Å². The van der Waals surface area contributed by atoms with Crippen LogP contribution in [-0.2, 0) is 13.0 Å². The van der Waals surface area contributed by atoms with Gasteiger partial charge in [-0.05, 0) is 60.7 Å². The van der Waals surface area contributed by atoms with Crippen molar-refractivity contribution in [1.82, 2.24) is 0 Å². The molecule has 0 saturated heterocycles. The van der Waals surface area contributed by atoms with Gasteiger partial charge in [-0.25, -0.2) is 4.79 Å². The summed E-state index contributed by atoms with van der Waals surface area (Å²) in [5.41, 5.74) is 4.65. The van der Waals surface area contributed by atoms with Crippen LogP contribution in [-0.4, -0.2) is 0 Å². The van der Waals surface area contributed by atoms with Crippen LogP contribution < -0.4 is 10.4 Å². The molecule has 0 radical (unpaired) electrons. The Kier molecular flexibility index (Phi) is 5.39. The Morgan fingerprint density at radius 2 is 1.79 bits per heavy atom. The van der Waals surface area contributed by atoms with E-state index in [1.165, 1.54) is 21.9 Å². The fourth-order valence-electron chi connectivity index (χ4n) is 3.92. The lowest BCUT2D eigenvalue weighted by molar-refractivity contribution is 0.304. The molecule has 0 fully saturated rings. The summed E-state index contributed by atoms with van der Waals surface area (Å²) in [6, 6.07) is 18.3. The molecule has 0 bridgehead atoms. The van der Waals surface area contributed by atoms with Crippen molar-refractivity contribution >= 4 is 21.7 Å². The molecule has 0 atom stereocenters. The molecule has 0 aliphatic rings. The largest absolute Gasteiger partial charge is 0.488 e. The predicted octanol–water partition coefficient (Wildman–Crippen LogP) is 6.48. The Labute approximate surface area is 170 Å². The second kappa shape index (κ2) is 8.12. The Hall–Kier alpha value is -3.07. The topological polar surface area (TPSA) is 39.4 Å². The van der Waals surface area contributed by atoms with Crippen molar-refractivity contribution < 1.29 is 9.15 Å². The average molecular weight is 386 g/mol. The molecule has 0 spiro atoms. The van der Waals surface area contributed by atoms with Crippen molar-refractivity contribution in [2.75, 3.05) is 0 Å². The maximum atomic E-state index is 12.1. The van der Waals surface area contributed by atoms with Crippen LogP contribution in [0.2, 0.25) is 0 Å². The molecule has 4 aromatic rings. The summed E-state index contributed by atoms with van der Waals surface area (Å²) in [7, 11) is 0. The molecule has 4 rings (SSSR count). The van der Waals surface area contributed by atoms with Gasteiger partial charge in [0.2, 0.25) is 0 Å². The maximum absolute atomic E-state index is 12.1. The first-order chi connectivity index (χ1) is 14.1. The van der Waals surface area contributed by atoms with Gasteiger partial charge >= 0.3 is 5.63 Å². The molecule has 0 amide bonds. The van der Waals surface area contributed by atoms with Gasteiger partial charge in [0.05, 0.1) is 0 Å². The summed E-state index contributed by atoms with van der Waals surface area (Å²) in [6.45, 7) is 6.69. The SMILES string of the molecule is CCCCc1cc(=O)oc2c(C)c(OCc3c(C)ccc4ccccc34)ccc12. The molecule has 3 heteroatoms. The van der Waals surface area contributed by atoms with E-state index in [4.69, 9.17) is 9.15 Å². The summed E-state index contributed by atoms with van der Waals surface area (Å²) in [5.74, 6) is 0.751. The highest BCUT2D eigenvalue weighted by Crippen LogP contribution is 2.31. The van der Waals surface area contributed by atoms with Crippen LogP contribution in [0.5, 0.6) is 5.75 Å². The molecule has 0 aliphatic heterocycles. The van der Waals surface area contributed by atoms with Gasteiger partial charge in [0.1, 0.15) is 17.9 Å². The molecule has 3 aromatic carbocycles. The van der Waals surface area contributed by atoms with E-state index in [0.29, 0.717) is 12.2 Å². The number of hydrogen-bond donors (Lipinski definition) is 0. The van der Waals surface area contributed by atoms with E-state index >= 15 is 0 Å². The molecule has 1 aromatic heterocycles. The van der Waals surface area contributed by atoms with Crippen molar-refractivity contribution in [3.63, 3.8) is 0 Å². The number of ether oxygens (including phenoxy) is 1. The van der Waals surface area contributed by atoms with Crippen molar-refractivity contribution in [3.05, 3.63) is 87.3 Å². The van der Waals surface area contributed by atoms with Crippen LogP contribution in [0.1, 0.15) is 42.0 Å². The second-order valence-corrected chi connectivity index (χ2v) is 7.63. The van der Waals surface area contributed by atoms with Gasteiger partial charge in [-0.2, -0.15) is 0 Å². The third-order valence-electron chi connectivity index (χ3n) is 5.64. The summed E-state index contributed by atoms with van der Waals surface area (Å²) in [4.78, 5) is 12.1. The van der Waals surface area contributed by atoms with Crippen LogP contribution in [0.25, 0.3) is 21.7 Å². The van der Waals surface area contributed by atoms with Crippen molar-refractivity contribution in [2.24, 2.45) is 0 Å². The van der Waals surface area contributed by atoms with Crippen LogP contribution in [0.4, 0.5) is 0 Å². The third-order valence-corrected chi connectivity index (χ3v) is 5.64. The monoisotopic (exact) mass is 386 g/mol. The smallest absolute Gasteiger partial charge is 0.336 e. The molecule has 0 aliphatic carbocycles. The highest BCUT2D eigenvalue weighted by atomic mass is 16.5. The quantitative estimate of drug-likeness (QED) is 0.356. The minimum absolute atomic E-state index is 0.297. The Balaban J connectivity index is 1.70. The third kappa shape index (κ3) is 3.77. The van der Waals surface area contributed by atoms with Crippen LogP contribution in [0.3, 0.4) is 0 Å². The summed E-state index contributed by atoms with van der Waals surface area (Å²) < 4.78 is 11.8. The number of hydrogen-bond acceptors (Lipinski definition) is 3. The van der Waals surface area contributed by atoms with Crippen LogP contribution >= 0.6 is 0 Å². The molecule has 0 N–H and O–H groups in total. The van der Waals surface area contributed by atoms with Crippen LogP contribution in [0, 0.1) is 13.8 Å². The molecule has 0 saturated carbocycles. The first-order valence-corrected chi connectivity index (χ1v) is 10.2. The zero-order valence-electron chi connectivity index (χ0n) is 17.2. The van der Waals surface area contributed by atoms with E-state index in [-0.39, 0.29) is 5.63 Å². The second-order valence-electron chi connectivity index (χ2n) is 7.63. The Bertz CT molecular complexity index is 1230. The van der Waals surface area contributed by atoms with E-state index in [9.17, 15) is 4.79 Å². The number of benzene rings is 3. The molecule has 148 valence electrons. The number of rotatable bonds is 6. The van der Waals surface area contributed by atoms with Gasteiger partial charge in [0.15, 0.2) is 0 Å². The van der Waals surface area contributed by atoms with Gasteiger partial charge in [-0.1, -0.05) is 49.7 Å². The Morgan fingerprint density at radius 3 is 2.62 bits per heavy atom. The number of aryl methyl sites for hydroxylation is 3. The van der Waals surface area contributed by atoms with E-state index in [1.54, 1.807) is 6.07 Å². The molecular weight excluding hydrogens is 360 g/mol. The molecule has 1 heterocycles. The van der Waals surface area contributed by atoms with E-state index in [2.05, 4.69) is 44.2 Å². The zero-order valence-corrected chi connectivity index (χ0v) is 17.2. The molecule has 29 heavy (non-hydrogen) atoms. The van der Waals surface area contributed by atoms with Crippen molar-refractivity contribution in [2.45, 2.75) is 46.6 Å². The first kappa shape index (κ1) is 19.3. The summed E-state index contributed by atoms with van der Waals surface area (Å²) in [5, 5.41) is 3.42. The van der Waals surface area contributed by atoms with E-state index in [1.807, 2.05) is 25.1 Å². The van der Waals surface area contributed by atoms with Gasteiger partial charge < -0.3 is 9.15 Å². The Morgan fingerprint density at radius 1 is 0.966 bits per heavy atom. The lowest BCUT2D eigenvalue weighted by Crippen LogP contribution is -2.04. The zero-order chi connectivity index (χ0) is 20.4. The normalized spacial score (nSPS) is 11.3. The standard InChI is InChI=1S/C26H26O3/c1-4-5-8-20-15-25(27)29-26-18(3)24(14-13-22(20)26)28-16-23-17(2)11-12-19-9-6-7-10-21(19)23/h6-7,9-15H,4-5,8,16H2,1-3H3. The van der Waals surface area contributed by atoms with Gasteiger partial charge in [-0.3, -0.25) is 0 Å². The highest BCUT2D eigenvalue weighted by molar-refractivity contribution is 5.87. The van der Waals surface area contributed by atoms with Gasteiger partial charge in [0.25, 0.3) is 0 Å². The lowest BCUT2D eigenvalue weighted by atomic mass is 10.00. The van der Waals surface area contributed by atoms with E-state index in [0.717, 1.165) is 41.5 Å². The summed E-state index contributed by atoms with van der Waals surface area (Å²) in [6.07, 6.45) is 3.02. The molecule has 3 nitrogen and oxygen atoms in total. The van der Waals surface area contributed by atoms with Gasteiger partial charge in [-0.15, -0.1) is 0 Å². The predicted molar refractivity (Wildman–Crippen MR) is 119 cm³/mol. The van der Waals surface area contributed by atoms with Crippen molar-refractivity contribution in [1.29, 1.82) is 0 Å².